The Morgan fingerprint density at radius 3 is 3.00 bits per heavy atom. The van der Waals surface area contributed by atoms with Crippen LogP contribution >= 0.6 is 11.6 Å². The van der Waals surface area contributed by atoms with E-state index in [9.17, 15) is 9.50 Å². The van der Waals surface area contributed by atoms with Gasteiger partial charge in [0.1, 0.15) is 5.82 Å². The maximum Gasteiger partial charge on any atom is 0.142 e. The fraction of sp³-hybridized carbons (Fsp3) is 0.500. The zero-order valence-corrected chi connectivity index (χ0v) is 9.58. The number of ether oxygens (including phenoxy) is 1. The van der Waals surface area contributed by atoms with Gasteiger partial charge in [0.05, 0.1) is 11.1 Å². The summed E-state index contributed by atoms with van der Waals surface area (Å²) in [5, 5.41) is 9.36. The van der Waals surface area contributed by atoms with Crippen molar-refractivity contribution >= 4 is 11.6 Å². The van der Waals surface area contributed by atoms with Crippen molar-refractivity contribution in [3.05, 3.63) is 34.6 Å². The van der Waals surface area contributed by atoms with Crippen LogP contribution in [0.5, 0.6) is 0 Å². The van der Waals surface area contributed by atoms with Gasteiger partial charge in [-0.3, -0.25) is 0 Å². The predicted octanol–water partition coefficient (Wildman–Crippen LogP) is 2.94. The van der Waals surface area contributed by atoms with Crippen LogP contribution in [-0.2, 0) is 4.74 Å². The van der Waals surface area contributed by atoms with Crippen LogP contribution in [-0.4, -0.2) is 18.3 Å². The lowest BCUT2D eigenvalue weighted by atomic mass is 9.90. The second-order valence-corrected chi connectivity index (χ2v) is 4.46. The molecule has 88 valence electrons. The van der Waals surface area contributed by atoms with Crippen LogP contribution in [0.15, 0.2) is 18.2 Å². The van der Waals surface area contributed by atoms with Crippen LogP contribution < -0.4 is 0 Å². The number of aliphatic hydroxyl groups excluding tert-OH is 1. The van der Waals surface area contributed by atoms with Gasteiger partial charge in [0.15, 0.2) is 0 Å². The highest BCUT2D eigenvalue weighted by molar-refractivity contribution is 6.30. The summed E-state index contributed by atoms with van der Waals surface area (Å²) < 4.78 is 18.9. The molecule has 0 radical (unpaired) electrons. The van der Waals surface area contributed by atoms with Crippen molar-refractivity contribution in [3.8, 4) is 0 Å². The van der Waals surface area contributed by atoms with E-state index in [0.717, 1.165) is 18.4 Å². The van der Waals surface area contributed by atoms with Crippen LogP contribution in [0, 0.1) is 11.7 Å². The fourth-order valence-electron chi connectivity index (χ4n) is 2.09. The van der Waals surface area contributed by atoms with E-state index in [-0.39, 0.29) is 23.7 Å². The number of halogens is 2. The molecular formula is C12H14ClFO2. The van der Waals surface area contributed by atoms with Gasteiger partial charge in [-0.2, -0.15) is 0 Å². The Morgan fingerprint density at radius 1 is 1.50 bits per heavy atom. The molecule has 1 heterocycles. The van der Waals surface area contributed by atoms with Crippen LogP contribution in [0.2, 0.25) is 5.02 Å². The predicted molar refractivity (Wildman–Crippen MR) is 59.9 cm³/mol. The van der Waals surface area contributed by atoms with Gasteiger partial charge in [0.25, 0.3) is 0 Å². The summed E-state index contributed by atoms with van der Waals surface area (Å²) >= 11 is 5.62. The Hall–Kier alpha value is -0.640. The molecule has 0 saturated carbocycles. The Morgan fingerprint density at radius 2 is 2.31 bits per heavy atom. The zero-order valence-electron chi connectivity index (χ0n) is 8.83. The van der Waals surface area contributed by atoms with E-state index < -0.39 is 5.82 Å². The molecule has 1 aliphatic heterocycles. The second kappa shape index (κ2) is 5.13. The first-order valence-electron chi connectivity index (χ1n) is 5.40. The molecule has 1 fully saturated rings. The van der Waals surface area contributed by atoms with Gasteiger partial charge in [-0.25, -0.2) is 4.39 Å². The van der Waals surface area contributed by atoms with Crippen molar-refractivity contribution in [1.29, 1.82) is 0 Å². The monoisotopic (exact) mass is 244 g/mol. The smallest absolute Gasteiger partial charge is 0.142 e. The summed E-state index contributed by atoms with van der Waals surface area (Å²) in [6.07, 6.45) is 1.63. The van der Waals surface area contributed by atoms with Crippen molar-refractivity contribution < 1.29 is 14.2 Å². The van der Waals surface area contributed by atoms with Crippen LogP contribution in [0.3, 0.4) is 0 Å². The maximum absolute atomic E-state index is 13.3. The standard InChI is InChI=1S/C12H14ClFO2/c13-10-4-3-8(6-11(10)14)12-9(7-15)2-1-5-16-12/h3-4,6,9,12,15H,1-2,5,7H2. The number of hydrogen-bond acceptors (Lipinski definition) is 2. The van der Waals surface area contributed by atoms with Gasteiger partial charge in [0, 0.05) is 19.1 Å². The number of rotatable bonds is 2. The van der Waals surface area contributed by atoms with Crippen molar-refractivity contribution in [2.24, 2.45) is 5.92 Å². The Labute approximate surface area is 99.0 Å². The molecule has 2 nitrogen and oxygen atoms in total. The van der Waals surface area contributed by atoms with E-state index in [1.807, 2.05) is 0 Å². The maximum atomic E-state index is 13.3. The highest BCUT2D eigenvalue weighted by Gasteiger charge is 2.27. The van der Waals surface area contributed by atoms with Crippen molar-refractivity contribution in [2.45, 2.75) is 18.9 Å². The molecule has 0 amide bonds. The summed E-state index contributed by atoms with van der Waals surface area (Å²) in [6, 6.07) is 4.67. The van der Waals surface area contributed by atoms with Crippen molar-refractivity contribution in [2.75, 3.05) is 13.2 Å². The van der Waals surface area contributed by atoms with Crippen molar-refractivity contribution in [1.82, 2.24) is 0 Å². The summed E-state index contributed by atoms with van der Waals surface area (Å²) in [5.41, 5.74) is 0.751. The van der Waals surface area contributed by atoms with Gasteiger partial charge in [-0.05, 0) is 30.5 Å². The minimum absolute atomic E-state index is 0.0503. The molecular weight excluding hydrogens is 231 g/mol. The van der Waals surface area contributed by atoms with E-state index in [1.54, 1.807) is 6.07 Å². The molecule has 2 rings (SSSR count). The molecule has 1 aromatic carbocycles. The lowest BCUT2D eigenvalue weighted by Crippen LogP contribution is -2.25. The summed E-state index contributed by atoms with van der Waals surface area (Å²) in [7, 11) is 0. The third-order valence-electron chi connectivity index (χ3n) is 2.95. The van der Waals surface area contributed by atoms with Crippen LogP contribution in [0.25, 0.3) is 0 Å². The molecule has 0 aliphatic carbocycles. The molecule has 16 heavy (non-hydrogen) atoms. The van der Waals surface area contributed by atoms with E-state index in [2.05, 4.69) is 0 Å². The lowest BCUT2D eigenvalue weighted by Gasteiger charge is -2.30. The average Bonchev–Trinajstić information content (AvgIpc) is 2.32. The van der Waals surface area contributed by atoms with Gasteiger partial charge >= 0.3 is 0 Å². The van der Waals surface area contributed by atoms with Gasteiger partial charge < -0.3 is 9.84 Å². The van der Waals surface area contributed by atoms with E-state index in [1.165, 1.54) is 12.1 Å². The van der Waals surface area contributed by atoms with E-state index in [0.29, 0.717) is 6.61 Å². The minimum Gasteiger partial charge on any atom is -0.396 e. The Balaban J connectivity index is 2.23. The number of hydrogen-bond donors (Lipinski definition) is 1. The summed E-state index contributed by atoms with van der Waals surface area (Å²) in [5.74, 6) is -0.389. The first kappa shape index (κ1) is 11.8. The highest BCUT2D eigenvalue weighted by Crippen LogP contribution is 2.34. The summed E-state index contributed by atoms with van der Waals surface area (Å²) in [4.78, 5) is 0. The van der Waals surface area contributed by atoms with E-state index >= 15 is 0 Å². The molecule has 0 bridgehead atoms. The normalized spacial score (nSPS) is 25.7. The SMILES string of the molecule is OCC1CCCOC1c1ccc(Cl)c(F)c1. The first-order chi connectivity index (χ1) is 7.72. The molecule has 4 heteroatoms. The Bertz CT molecular complexity index is 370. The molecule has 0 spiro atoms. The Kier molecular flexibility index (Phi) is 3.79. The van der Waals surface area contributed by atoms with Crippen LogP contribution in [0.1, 0.15) is 24.5 Å². The molecule has 1 aromatic rings. The quantitative estimate of drug-likeness (QED) is 0.867. The molecule has 2 unspecified atom stereocenters. The second-order valence-electron chi connectivity index (χ2n) is 4.05. The number of aliphatic hydroxyl groups is 1. The van der Waals surface area contributed by atoms with Gasteiger partial charge in [-0.15, -0.1) is 0 Å². The minimum atomic E-state index is -0.440. The lowest BCUT2D eigenvalue weighted by molar-refractivity contribution is -0.0458. The van der Waals surface area contributed by atoms with Crippen molar-refractivity contribution in [3.63, 3.8) is 0 Å². The van der Waals surface area contributed by atoms with Gasteiger partial charge in [0.2, 0.25) is 0 Å². The molecule has 0 aromatic heterocycles. The largest absolute Gasteiger partial charge is 0.396 e. The van der Waals surface area contributed by atoms with Crippen LogP contribution in [0.4, 0.5) is 4.39 Å². The molecule has 1 N–H and O–H groups in total. The topological polar surface area (TPSA) is 29.5 Å². The fourth-order valence-corrected chi connectivity index (χ4v) is 2.21. The van der Waals surface area contributed by atoms with Gasteiger partial charge in [-0.1, -0.05) is 17.7 Å². The zero-order chi connectivity index (χ0) is 11.5. The third-order valence-corrected chi connectivity index (χ3v) is 3.26. The molecule has 2 atom stereocenters. The molecule has 1 aliphatic rings. The third kappa shape index (κ3) is 2.37. The molecule has 1 saturated heterocycles. The first-order valence-corrected chi connectivity index (χ1v) is 5.77. The summed E-state index contributed by atoms with van der Waals surface area (Å²) in [6.45, 7) is 0.723. The number of benzene rings is 1. The average molecular weight is 245 g/mol. The highest BCUT2D eigenvalue weighted by atomic mass is 35.5. The van der Waals surface area contributed by atoms with E-state index in [4.69, 9.17) is 16.3 Å².